The third-order valence-electron chi connectivity index (χ3n) is 2.43. The summed E-state index contributed by atoms with van der Waals surface area (Å²) in [5.74, 6) is 0.140. The van der Waals surface area contributed by atoms with E-state index in [0.29, 0.717) is 10.7 Å². The molecule has 0 fully saturated rings. The van der Waals surface area contributed by atoms with E-state index in [1.54, 1.807) is 6.92 Å². The third-order valence-corrected chi connectivity index (χ3v) is 2.67. The van der Waals surface area contributed by atoms with E-state index in [1.807, 2.05) is 0 Å². The van der Waals surface area contributed by atoms with Gasteiger partial charge < -0.3 is 0 Å². The molecule has 0 aliphatic rings. The number of nitrogens with one attached hydrogen (secondary N) is 2. The molecule has 108 valence electrons. The summed E-state index contributed by atoms with van der Waals surface area (Å²) in [4.78, 5) is 28.0. The predicted octanol–water partition coefficient (Wildman–Crippen LogP) is 2.09. The Hall–Kier alpha value is -2.74. The quantitative estimate of drug-likeness (QED) is 0.510. The van der Waals surface area contributed by atoms with Crippen molar-refractivity contribution in [3.63, 3.8) is 0 Å². The minimum atomic E-state index is -0.537. The summed E-state index contributed by atoms with van der Waals surface area (Å²) in [5.41, 5.74) is 2.79. The van der Waals surface area contributed by atoms with Crippen LogP contribution in [-0.2, 0) is 0 Å². The molecule has 0 spiro atoms. The van der Waals surface area contributed by atoms with E-state index >= 15 is 0 Å². The van der Waals surface area contributed by atoms with Gasteiger partial charge in [0, 0.05) is 22.8 Å². The fraction of sp³-hybridized carbons (Fsp3) is 0.0833. The zero-order chi connectivity index (χ0) is 15.4. The van der Waals surface area contributed by atoms with Crippen LogP contribution in [0.25, 0.3) is 0 Å². The molecule has 2 N–H and O–H groups in total. The van der Waals surface area contributed by atoms with E-state index in [-0.39, 0.29) is 22.8 Å². The van der Waals surface area contributed by atoms with Gasteiger partial charge in [-0.05, 0) is 19.1 Å². The van der Waals surface area contributed by atoms with Crippen molar-refractivity contribution in [2.45, 2.75) is 6.92 Å². The van der Waals surface area contributed by atoms with Crippen LogP contribution < -0.4 is 11.0 Å². The highest BCUT2D eigenvalue weighted by Gasteiger charge is 2.11. The molecule has 0 atom stereocenters. The van der Waals surface area contributed by atoms with Crippen LogP contribution in [0.5, 0.6) is 0 Å². The van der Waals surface area contributed by atoms with Gasteiger partial charge >= 0.3 is 0 Å². The van der Waals surface area contributed by atoms with Gasteiger partial charge in [0.25, 0.3) is 11.2 Å². The first-order chi connectivity index (χ1) is 9.95. The second kappa shape index (κ2) is 6.14. The van der Waals surface area contributed by atoms with E-state index in [1.165, 1.54) is 30.5 Å². The molecule has 8 nitrogen and oxygen atoms in total. The number of benzene rings is 1. The molecule has 0 saturated carbocycles. The number of anilines is 1. The molecule has 0 aliphatic heterocycles. The zero-order valence-corrected chi connectivity index (χ0v) is 11.6. The van der Waals surface area contributed by atoms with Crippen molar-refractivity contribution in [2.75, 3.05) is 5.43 Å². The highest BCUT2D eigenvalue weighted by Crippen LogP contribution is 2.21. The smallest absolute Gasteiger partial charge is 0.278 e. The Bertz CT molecular complexity index is 772. The average Bonchev–Trinajstić information content (AvgIpc) is 2.37. The number of aromatic nitrogens is 2. The van der Waals surface area contributed by atoms with E-state index in [4.69, 9.17) is 11.6 Å². The number of halogens is 1. The van der Waals surface area contributed by atoms with E-state index < -0.39 is 4.92 Å². The fourth-order valence-electron chi connectivity index (χ4n) is 1.59. The lowest BCUT2D eigenvalue weighted by molar-refractivity contribution is -0.385. The van der Waals surface area contributed by atoms with Gasteiger partial charge in [-0.15, -0.1) is 0 Å². The SMILES string of the molecule is Cc1cc(=O)[nH]c(N/N=C\c2cc(Cl)ccc2[N+](=O)[O-])n1. The summed E-state index contributed by atoms with van der Waals surface area (Å²) in [6.45, 7) is 1.66. The number of nitro groups is 1. The molecule has 2 aromatic rings. The topological polar surface area (TPSA) is 113 Å². The number of rotatable bonds is 4. The van der Waals surface area contributed by atoms with Crippen LogP contribution in [-0.4, -0.2) is 21.1 Å². The molecule has 1 heterocycles. The van der Waals surface area contributed by atoms with E-state index in [9.17, 15) is 14.9 Å². The average molecular weight is 308 g/mol. The van der Waals surface area contributed by atoms with Gasteiger partial charge in [-0.1, -0.05) is 11.6 Å². The monoisotopic (exact) mass is 307 g/mol. The number of hydrazone groups is 1. The van der Waals surface area contributed by atoms with Gasteiger partial charge in [0.15, 0.2) is 0 Å². The van der Waals surface area contributed by atoms with Crippen LogP contribution in [0.1, 0.15) is 11.3 Å². The van der Waals surface area contributed by atoms with Gasteiger partial charge in [0.1, 0.15) is 0 Å². The van der Waals surface area contributed by atoms with Gasteiger partial charge in [0.05, 0.1) is 16.7 Å². The first-order valence-electron chi connectivity index (χ1n) is 5.76. The number of nitrogens with zero attached hydrogens (tertiary/aromatic N) is 3. The normalized spacial score (nSPS) is 10.8. The molecule has 0 saturated heterocycles. The molecular formula is C12H10ClN5O3. The predicted molar refractivity (Wildman–Crippen MR) is 78.9 cm³/mol. The molecular weight excluding hydrogens is 298 g/mol. The summed E-state index contributed by atoms with van der Waals surface area (Å²) in [7, 11) is 0. The summed E-state index contributed by atoms with van der Waals surface area (Å²) in [6, 6.07) is 5.45. The number of hydrogen-bond acceptors (Lipinski definition) is 6. The minimum Gasteiger partial charge on any atom is -0.291 e. The van der Waals surface area contributed by atoms with Gasteiger partial charge in [-0.3, -0.25) is 19.9 Å². The van der Waals surface area contributed by atoms with Gasteiger partial charge in [0.2, 0.25) is 5.95 Å². The van der Waals surface area contributed by atoms with Crippen molar-refractivity contribution in [3.8, 4) is 0 Å². The summed E-state index contributed by atoms with van der Waals surface area (Å²) < 4.78 is 0. The van der Waals surface area contributed by atoms with Crippen LogP contribution in [0.4, 0.5) is 11.6 Å². The number of aryl methyl sites for hydroxylation is 1. The maximum absolute atomic E-state index is 11.2. The lowest BCUT2D eigenvalue weighted by Gasteiger charge is -2.00. The Morgan fingerprint density at radius 1 is 1.48 bits per heavy atom. The molecule has 1 aromatic carbocycles. The second-order valence-corrected chi connectivity index (χ2v) is 4.50. The molecule has 2 rings (SSSR count). The Morgan fingerprint density at radius 3 is 2.90 bits per heavy atom. The highest BCUT2D eigenvalue weighted by atomic mass is 35.5. The first-order valence-corrected chi connectivity index (χ1v) is 6.14. The molecule has 1 aromatic heterocycles. The molecule has 0 bridgehead atoms. The van der Waals surface area contributed by atoms with Crippen molar-refractivity contribution < 1.29 is 4.92 Å². The number of nitro benzene ring substituents is 1. The Kier molecular flexibility index (Phi) is 4.29. The largest absolute Gasteiger partial charge is 0.291 e. The molecule has 0 aliphatic carbocycles. The molecule has 0 radical (unpaired) electrons. The Labute approximate surface area is 123 Å². The second-order valence-electron chi connectivity index (χ2n) is 4.07. The van der Waals surface area contributed by atoms with Crippen LogP contribution in [0, 0.1) is 17.0 Å². The Morgan fingerprint density at radius 2 is 2.24 bits per heavy atom. The van der Waals surface area contributed by atoms with Crippen molar-refractivity contribution in [3.05, 3.63) is 61.0 Å². The molecule has 9 heteroatoms. The summed E-state index contributed by atoms with van der Waals surface area (Å²) >= 11 is 5.79. The first kappa shape index (κ1) is 14.7. The Balaban J connectivity index is 2.23. The molecule has 0 unspecified atom stereocenters. The molecule has 0 amide bonds. The standard InChI is InChI=1S/C12H10ClN5O3/c1-7-4-11(19)16-12(15-7)17-14-6-8-5-9(13)2-3-10(8)18(20)21/h2-6H,1H3,(H2,15,16,17,19)/b14-6-. The van der Waals surface area contributed by atoms with Crippen molar-refractivity contribution in [2.24, 2.45) is 5.10 Å². The van der Waals surface area contributed by atoms with Crippen LogP contribution in [0.15, 0.2) is 34.2 Å². The minimum absolute atomic E-state index is 0.129. The number of H-pyrrole nitrogens is 1. The summed E-state index contributed by atoms with van der Waals surface area (Å²) in [5, 5.41) is 15.0. The fourth-order valence-corrected chi connectivity index (χ4v) is 1.77. The number of aromatic amines is 1. The van der Waals surface area contributed by atoms with E-state index in [2.05, 4.69) is 20.5 Å². The maximum atomic E-state index is 11.2. The zero-order valence-electron chi connectivity index (χ0n) is 10.8. The van der Waals surface area contributed by atoms with Crippen LogP contribution in [0.2, 0.25) is 5.02 Å². The lowest BCUT2D eigenvalue weighted by atomic mass is 10.2. The molecule has 21 heavy (non-hydrogen) atoms. The van der Waals surface area contributed by atoms with Crippen molar-refractivity contribution >= 4 is 29.5 Å². The van der Waals surface area contributed by atoms with Crippen LogP contribution in [0.3, 0.4) is 0 Å². The summed E-state index contributed by atoms with van der Waals surface area (Å²) in [6.07, 6.45) is 1.23. The van der Waals surface area contributed by atoms with E-state index in [0.717, 1.165) is 0 Å². The van der Waals surface area contributed by atoms with Gasteiger partial charge in [-0.25, -0.2) is 10.4 Å². The van der Waals surface area contributed by atoms with Crippen LogP contribution >= 0.6 is 11.6 Å². The van der Waals surface area contributed by atoms with Gasteiger partial charge in [-0.2, -0.15) is 5.10 Å². The number of hydrogen-bond donors (Lipinski definition) is 2. The lowest BCUT2D eigenvalue weighted by Crippen LogP contribution is -2.10. The highest BCUT2D eigenvalue weighted by molar-refractivity contribution is 6.31. The van der Waals surface area contributed by atoms with Crippen molar-refractivity contribution in [1.82, 2.24) is 9.97 Å². The maximum Gasteiger partial charge on any atom is 0.278 e. The van der Waals surface area contributed by atoms with Crippen molar-refractivity contribution in [1.29, 1.82) is 0 Å². The third kappa shape index (κ3) is 3.86.